The predicted octanol–water partition coefficient (Wildman–Crippen LogP) is 4.17. The Hall–Kier alpha value is -2.83. The monoisotopic (exact) mass is 363 g/mol. The number of carbonyl (C=O) groups excluding carboxylic acids is 1. The number of benzene rings is 2. The molecule has 0 N–H and O–H groups in total. The van der Waals surface area contributed by atoms with Gasteiger partial charge in [-0.15, -0.1) is 4.73 Å². The lowest BCUT2D eigenvalue weighted by Crippen LogP contribution is -2.37. The highest BCUT2D eigenvalue weighted by Gasteiger charge is 2.32. The van der Waals surface area contributed by atoms with Crippen molar-refractivity contribution in [2.24, 2.45) is 5.41 Å². The number of hydrogen-bond donors (Lipinski definition) is 0. The van der Waals surface area contributed by atoms with Gasteiger partial charge in [-0.2, -0.15) is 13.2 Å². The molecule has 0 saturated heterocycles. The first-order valence-corrected chi connectivity index (χ1v) is 7.87. The summed E-state index contributed by atoms with van der Waals surface area (Å²) < 4.78 is 40.0. The van der Waals surface area contributed by atoms with Gasteiger partial charge >= 0.3 is 12.1 Å². The molecule has 2 aromatic carbocycles. The molecule has 3 aromatic rings. The van der Waals surface area contributed by atoms with Crippen LogP contribution in [-0.4, -0.2) is 10.7 Å². The van der Waals surface area contributed by atoms with E-state index in [-0.39, 0.29) is 10.9 Å². The molecule has 0 fully saturated rings. The Morgan fingerprint density at radius 1 is 0.962 bits per heavy atom. The second-order valence-electron chi connectivity index (χ2n) is 7.00. The van der Waals surface area contributed by atoms with E-state index in [1.54, 1.807) is 39.0 Å². The molecule has 7 heteroatoms. The largest absolute Gasteiger partial charge is 0.416 e. The smallest absolute Gasteiger partial charge is 0.332 e. The van der Waals surface area contributed by atoms with Crippen LogP contribution in [0.3, 0.4) is 0 Å². The first-order chi connectivity index (χ1) is 12.0. The molecule has 136 valence electrons. The number of hydrogen-bond acceptors (Lipinski definition) is 3. The number of fused-ring (bicyclic) bond motifs is 3. The molecule has 0 aliphatic carbocycles. The highest BCUT2D eigenvalue weighted by molar-refractivity contribution is 6.05. The summed E-state index contributed by atoms with van der Waals surface area (Å²) in [7, 11) is 0. The maximum atomic E-state index is 13.1. The van der Waals surface area contributed by atoms with E-state index in [4.69, 9.17) is 4.84 Å². The van der Waals surface area contributed by atoms with Crippen LogP contribution in [0.4, 0.5) is 13.2 Å². The average molecular weight is 363 g/mol. The third-order valence-electron chi connectivity index (χ3n) is 3.96. The second-order valence-corrected chi connectivity index (χ2v) is 7.00. The van der Waals surface area contributed by atoms with Crippen LogP contribution in [0.1, 0.15) is 26.3 Å². The van der Waals surface area contributed by atoms with Crippen LogP contribution >= 0.6 is 0 Å². The van der Waals surface area contributed by atoms with E-state index in [1.807, 2.05) is 0 Å². The van der Waals surface area contributed by atoms with Crippen molar-refractivity contribution in [1.82, 2.24) is 4.73 Å². The normalized spacial score (nSPS) is 12.5. The summed E-state index contributed by atoms with van der Waals surface area (Å²) in [4.78, 5) is 30.2. The van der Waals surface area contributed by atoms with Crippen LogP contribution in [0.2, 0.25) is 0 Å². The molecule has 1 aromatic heterocycles. The molecule has 0 spiro atoms. The summed E-state index contributed by atoms with van der Waals surface area (Å²) in [6, 6.07) is 9.54. The van der Waals surface area contributed by atoms with Gasteiger partial charge in [-0.05, 0) is 44.4 Å². The third kappa shape index (κ3) is 3.05. The van der Waals surface area contributed by atoms with Crippen molar-refractivity contribution in [3.05, 3.63) is 58.4 Å². The Morgan fingerprint density at radius 3 is 2.15 bits per heavy atom. The Morgan fingerprint density at radius 2 is 1.58 bits per heavy atom. The van der Waals surface area contributed by atoms with Gasteiger partial charge in [0.25, 0.3) is 5.56 Å². The summed E-state index contributed by atoms with van der Waals surface area (Å²) in [5.74, 6) is -0.728. The van der Waals surface area contributed by atoms with Gasteiger partial charge < -0.3 is 4.84 Å². The fourth-order valence-electron chi connectivity index (χ4n) is 2.54. The molecule has 0 saturated carbocycles. The van der Waals surface area contributed by atoms with Crippen LogP contribution in [0.25, 0.3) is 21.7 Å². The fraction of sp³-hybridized carbons (Fsp3) is 0.263. The maximum Gasteiger partial charge on any atom is 0.416 e. The van der Waals surface area contributed by atoms with Gasteiger partial charge in [-0.3, -0.25) is 4.79 Å². The Kier molecular flexibility index (Phi) is 4.05. The van der Waals surface area contributed by atoms with E-state index < -0.39 is 28.7 Å². The molecule has 3 rings (SSSR count). The van der Waals surface area contributed by atoms with Gasteiger partial charge in [-0.25, -0.2) is 4.79 Å². The lowest BCUT2D eigenvalue weighted by molar-refractivity contribution is -0.153. The van der Waals surface area contributed by atoms with Crippen molar-refractivity contribution in [3.8, 4) is 0 Å². The minimum atomic E-state index is -4.59. The molecule has 0 aliphatic heterocycles. The van der Waals surface area contributed by atoms with E-state index in [0.29, 0.717) is 15.5 Å². The summed E-state index contributed by atoms with van der Waals surface area (Å²) in [6.45, 7) is 4.76. The first kappa shape index (κ1) is 18.0. The molecule has 26 heavy (non-hydrogen) atoms. The topological polar surface area (TPSA) is 48.3 Å². The summed E-state index contributed by atoms with van der Waals surface area (Å²) in [5.41, 5.74) is -2.66. The number of nitrogens with zero attached hydrogens (tertiary/aromatic N) is 1. The molecule has 0 radical (unpaired) electrons. The molecule has 0 bridgehead atoms. The van der Waals surface area contributed by atoms with Gasteiger partial charge in [0.2, 0.25) is 0 Å². The van der Waals surface area contributed by atoms with Crippen molar-refractivity contribution in [2.45, 2.75) is 26.9 Å². The predicted molar refractivity (Wildman–Crippen MR) is 91.8 cm³/mol. The highest BCUT2D eigenvalue weighted by atomic mass is 19.4. The van der Waals surface area contributed by atoms with E-state index in [2.05, 4.69) is 0 Å². The van der Waals surface area contributed by atoms with Crippen molar-refractivity contribution < 1.29 is 22.8 Å². The summed E-state index contributed by atoms with van der Waals surface area (Å²) >= 11 is 0. The third-order valence-corrected chi connectivity index (χ3v) is 3.96. The quantitative estimate of drug-likeness (QED) is 0.610. The van der Waals surface area contributed by atoms with Crippen LogP contribution < -0.4 is 10.4 Å². The highest BCUT2D eigenvalue weighted by Crippen LogP contribution is 2.32. The maximum absolute atomic E-state index is 13.1. The number of aromatic nitrogens is 1. The van der Waals surface area contributed by atoms with Gasteiger partial charge in [0.05, 0.1) is 21.9 Å². The van der Waals surface area contributed by atoms with Gasteiger partial charge in [0.15, 0.2) is 0 Å². The van der Waals surface area contributed by atoms with Crippen molar-refractivity contribution >= 4 is 27.6 Å². The zero-order chi connectivity index (χ0) is 19.3. The van der Waals surface area contributed by atoms with E-state index in [9.17, 15) is 22.8 Å². The minimum absolute atomic E-state index is 0.110. The number of halogens is 3. The zero-order valence-corrected chi connectivity index (χ0v) is 14.3. The second kappa shape index (κ2) is 5.86. The fourth-order valence-corrected chi connectivity index (χ4v) is 2.54. The minimum Gasteiger partial charge on any atom is -0.332 e. The molecule has 0 aliphatic rings. The molecule has 1 heterocycles. The SMILES string of the molecule is CC(C)(C)C(=O)On1c(=O)c2ccccc2c2ccc(C(F)(F)F)cc21. The van der Waals surface area contributed by atoms with Crippen LogP contribution in [-0.2, 0) is 11.0 Å². The van der Waals surface area contributed by atoms with Crippen molar-refractivity contribution in [3.63, 3.8) is 0 Å². The van der Waals surface area contributed by atoms with E-state index in [0.717, 1.165) is 12.1 Å². The van der Waals surface area contributed by atoms with Gasteiger partial charge in [-0.1, -0.05) is 24.3 Å². The Balaban J connectivity index is 2.39. The van der Waals surface area contributed by atoms with Crippen LogP contribution in [0, 0.1) is 5.41 Å². The summed E-state index contributed by atoms with van der Waals surface area (Å²) in [6.07, 6.45) is -4.59. The molecule has 0 amide bonds. The molecule has 0 unspecified atom stereocenters. The molecular formula is C19H16F3NO3. The molecule has 0 atom stereocenters. The standard InChI is InChI=1S/C19H16F3NO3/c1-18(2,3)17(25)26-23-15-10-11(19(20,21)22)8-9-13(15)12-6-4-5-7-14(12)16(23)24/h4-10H,1-3H3. The lowest BCUT2D eigenvalue weighted by atomic mass is 9.98. The van der Waals surface area contributed by atoms with E-state index >= 15 is 0 Å². The number of carbonyl (C=O) groups is 1. The van der Waals surface area contributed by atoms with Crippen molar-refractivity contribution in [2.75, 3.05) is 0 Å². The van der Waals surface area contributed by atoms with Gasteiger partial charge in [0.1, 0.15) is 0 Å². The number of pyridine rings is 1. The average Bonchev–Trinajstić information content (AvgIpc) is 2.56. The Labute approximate surface area is 146 Å². The van der Waals surface area contributed by atoms with Gasteiger partial charge in [0, 0.05) is 5.39 Å². The zero-order valence-electron chi connectivity index (χ0n) is 14.3. The van der Waals surface area contributed by atoms with Crippen LogP contribution in [0.5, 0.6) is 0 Å². The Bertz CT molecular complexity index is 1080. The molecule has 4 nitrogen and oxygen atoms in total. The molecular weight excluding hydrogens is 347 g/mol. The van der Waals surface area contributed by atoms with Crippen molar-refractivity contribution in [1.29, 1.82) is 0 Å². The number of alkyl halides is 3. The summed E-state index contributed by atoms with van der Waals surface area (Å²) in [5, 5.41) is 1.13. The van der Waals surface area contributed by atoms with E-state index in [1.165, 1.54) is 12.1 Å². The first-order valence-electron chi connectivity index (χ1n) is 7.87. The number of rotatable bonds is 1. The van der Waals surface area contributed by atoms with Crippen LogP contribution in [0.15, 0.2) is 47.3 Å². The lowest BCUT2D eigenvalue weighted by Gasteiger charge is -2.19.